The summed E-state index contributed by atoms with van der Waals surface area (Å²) < 4.78 is 0. The van der Waals surface area contributed by atoms with Gasteiger partial charge in [-0.15, -0.1) is 0 Å². The summed E-state index contributed by atoms with van der Waals surface area (Å²) >= 11 is 0. The maximum atomic E-state index is 3.67. The van der Waals surface area contributed by atoms with Crippen LogP contribution in [0.5, 0.6) is 0 Å². The number of rotatable bonds is 5. The second-order valence-electron chi connectivity index (χ2n) is 6.67. The molecule has 1 N–H and O–H groups in total. The van der Waals surface area contributed by atoms with E-state index in [4.69, 9.17) is 0 Å². The molecule has 2 fully saturated rings. The van der Waals surface area contributed by atoms with Crippen molar-refractivity contribution < 1.29 is 0 Å². The normalized spacial score (nSPS) is 29.3. The minimum Gasteiger partial charge on any atom is -0.311 e. The molecular formula is C18H28N2. The molecule has 1 aromatic rings. The Morgan fingerprint density at radius 2 is 2.00 bits per heavy atom. The molecule has 2 nitrogen and oxygen atoms in total. The summed E-state index contributed by atoms with van der Waals surface area (Å²) in [5, 5.41) is 3.67. The summed E-state index contributed by atoms with van der Waals surface area (Å²) in [5.41, 5.74) is 1.47. The minimum atomic E-state index is 0.552. The molecule has 1 heterocycles. The summed E-state index contributed by atoms with van der Waals surface area (Å²) in [6, 6.07) is 13.0. The van der Waals surface area contributed by atoms with Gasteiger partial charge in [-0.1, -0.05) is 50.1 Å². The molecule has 3 rings (SSSR count). The Balaban J connectivity index is 1.78. The van der Waals surface area contributed by atoms with Crippen LogP contribution in [0, 0.1) is 5.92 Å². The van der Waals surface area contributed by atoms with E-state index >= 15 is 0 Å². The third-order valence-electron chi connectivity index (χ3n) is 4.97. The Labute approximate surface area is 123 Å². The van der Waals surface area contributed by atoms with Crippen LogP contribution in [0.3, 0.4) is 0 Å². The van der Waals surface area contributed by atoms with Crippen molar-refractivity contribution >= 4 is 0 Å². The number of piperazine rings is 1. The van der Waals surface area contributed by atoms with Crippen molar-refractivity contribution in [2.24, 2.45) is 5.92 Å². The van der Waals surface area contributed by atoms with Crippen LogP contribution in [-0.4, -0.2) is 30.1 Å². The fourth-order valence-corrected chi connectivity index (χ4v) is 3.60. The zero-order valence-corrected chi connectivity index (χ0v) is 12.9. The first-order valence-electron chi connectivity index (χ1n) is 8.32. The molecule has 1 aromatic carbocycles. The molecule has 0 bridgehead atoms. The number of benzene rings is 1. The van der Waals surface area contributed by atoms with Gasteiger partial charge in [0.2, 0.25) is 0 Å². The molecule has 1 saturated carbocycles. The molecule has 3 unspecified atom stereocenters. The summed E-state index contributed by atoms with van der Waals surface area (Å²) in [5.74, 6) is 1.02. The van der Waals surface area contributed by atoms with Crippen LogP contribution in [0.2, 0.25) is 0 Å². The molecule has 1 aliphatic heterocycles. The van der Waals surface area contributed by atoms with E-state index < -0.39 is 0 Å². The first kappa shape index (κ1) is 14.1. The number of nitrogens with one attached hydrogen (secondary N) is 1. The van der Waals surface area contributed by atoms with Gasteiger partial charge >= 0.3 is 0 Å². The lowest BCUT2D eigenvalue weighted by atomic mass is 9.96. The van der Waals surface area contributed by atoms with E-state index in [2.05, 4.69) is 54.4 Å². The standard InChI is InChI=1S/C18H28N2/c1-3-17(11-15-9-10-15)20-13-14(2)19-12-18(20)16-7-5-4-6-8-16/h4-8,14-15,17-19H,3,9-13H2,1-2H3. The van der Waals surface area contributed by atoms with Gasteiger partial charge in [-0.3, -0.25) is 4.90 Å². The molecule has 0 amide bonds. The molecule has 2 heteroatoms. The predicted molar refractivity (Wildman–Crippen MR) is 84.8 cm³/mol. The SMILES string of the molecule is CCC(CC1CC1)N1CC(C)NCC1c1ccccc1. The van der Waals surface area contributed by atoms with Crippen LogP contribution in [-0.2, 0) is 0 Å². The number of hydrogen-bond donors (Lipinski definition) is 1. The Morgan fingerprint density at radius 3 is 2.65 bits per heavy atom. The van der Waals surface area contributed by atoms with Crippen molar-refractivity contribution in [2.45, 2.75) is 57.7 Å². The Bertz CT molecular complexity index is 413. The lowest BCUT2D eigenvalue weighted by Crippen LogP contribution is -2.54. The zero-order valence-electron chi connectivity index (χ0n) is 12.9. The molecule has 2 aliphatic rings. The first-order chi connectivity index (χ1) is 9.78. The third-order valence-corrected chi connectivity index (χ3v) is 4.97. The van der Waals surface area contributed by atoms with Gasteiger partial charge in [-0.05, 0) is 31.2 Å². The highest BCUT2D eigenvalue weighted by Crippen LogP contribution is 2.37. The van der Waals surface area contributed by atoms with Gasteiger partial charge < -0.3 is 5.32 Å². The predicted octanol–water partition coefficient (Wildman–Crippen LogP) is 3.60. The summed E-state index contributed by atoms with van der Waals surface area (Å²) in [4.78, 5) is 2.79. The number of hydrogen-bond acceptors (Lipinski definition) is 2. The maximum Gasteiger partial charge on any atom is 0.0476 e. The van der Waals surface area contributed by atoms with E-state index in [9.17, 15) is 0 Å². The van der Waals surface area contributed by atoms with E-state index in [-0.39, 0.29) is 0 Å². The first-order valence-corrected chi connectivity index (χ1v) is 8.32. The van der Waals surface area contributed by atoms with E-state index in [0.717, 1.165) is 18.5 Å². The van der Waals surface area contributed by atoms with Gasteiger partial charge in [0.05, 0.1) is 0 Å². The summed E-state index contributed by atoms with van der Waals surface area (Å²) in [6.07, 6.45) is 5.63. The average molecular weight is 272 g/mol. The van der Waals surface area contributed by atoms with Crippen molar-refractivity contribution in [2.75, 3.05) is 13.1 Å². The van der Waals surface area contributed by atoms with Gasteiger partial charge in [0.15, 0.2) is 0 Å². The highest BCUT2D eigenvalue weighted by atomic mass is 15.3. The fourth-order valence-electron chi connectivity index (χ4n) is 3.60. The quantitative estimate of drug-likeness (QED) is 0.881. The summed E-state index contributed by atoms with van der Waals surface area (Å²) in [6.45, 7) is 6.96. The molecule has 1 saturated heterocycles. The van der Waals surface area contributed by atoms with Crippen LogP contribution in [0.25, 0.3) is 0 Å². The molecule has 20 heavy (non-hydrogen) atoms. The zero-order chi connectivity index (χ0) is 13.9. The van der Waals surface area contributed by atoms with Crippen molar-refractivity contribution in [3.05, 3.63) is 35.9 Å². The Kier molecular flexibility index (Phi) is 4.42. The molecule has 3 atom stereocenters. The highest BCUT2D eigenvalue weighted by Gasteiger charge is 2.34. The van der Waals surface area contributed by atoms with Gasteiger partial charge in [0.25, 0.3) is 0 Å². The van der Waals surface area contributed by atoms with Gasteiger partial charge in [-0.25, -0.2) is 0 Å². The molecule has 0 aromatic heterocycles. The van der Waals surface area contributed by atoms with E-state index in [1.54, 1.807) is 0 Å². The van der Waals surface area contributed by atoms with E-state index in [1.165, 1.54) is 37.8 Å². The van der Waals surface area contributed by atoms with E-state index in [1.807, 2.05) is 0 Å². The van der Waals surface area contributed by atoms with Crippen LogP contribution in [0.15, 0.2) is 30.3 Å². The topological polar surface area (TPSA) is 15.3 Å². The number of nitrogens with zero attached hydrogens (tertiary/aromatic N) is 1. The van der Waals surface area contributed by atoms with Gasteiger partial charge in [-0.2, -0.15) is 0 Å². The Hall–Kier alpha value is -0.860. The van der Waals surface area contributed by atoms with Crippen molar-refractivity contribution in [3.8, 4) is 0 Å². The van der Waals surface area contributed by atoms with Gasteiger partial charge in [0.1, 0.15) is 0 Å². The molecular weight excluding hydrogens is 244 g/mol. The Morgan fingerprint density at radius 1 is 1.25 bits per heavy atom. The average Bonchev–Trinajstić information content (AvgIpc) is 3.29. The van der Waals surface area contributed by atoms with Crippen LogP contribution < -0.4 is 5.32 Å². The molecule has 0 spiro atoms. The monoisotopic (exact) mass is 272 g/mol. The van der Waals surface area contributed by atoms with Crippen LogP contribution in [0.1, 0.15) is 51.1 Å². The van der Waals surface area contributed by atoms with E-state index in [0.29, 0.717) is 12.1 Å². The lowest BCUT2D eigenvalue weighted by molar-refractivity contribution is 0.0747. The van der Waals surface area contributed by atoms with Crippen molar-refractivity contribution in [3.63, 3.8) is 0 Å². The lowest BCUT2D eigenvalue weighted by Gasteiger charge is -2.44. The summed E-state index contributed by atoms with van der Waals surface area (Å²) in [7, 11) is 0. The molecule has 110 valence electrons. The van der Waals surface area contributed by atoms with Gasteiger partial charge in [0, 0.05) is 31.2 Å². The van der Waals surface area contributed by atoms with Crippen molar-refractivity contribution in [1.82, 2.24) is 10.2 Å². The third kappa shape index (κ3) is 3.24. The van der Waals surface area contributed by atoms with Crippen LogP contribution in [0.4, 0.5) is 0 Å². The minimum absolute atomic E-state index is 0.552. The highest BCUT2D eigenvalue weighted by molar-refractivity contribution is 5.20. The fraction of sp³-hybridized carbons (Fsp3) is 0.667. The van der Waals surface area contributed by atoms with Crippen LogP contribution >= 0.6 is 0 Å². The second-order valence-corrected chi connectivity index (χ2v) is 6.67. The molecule has 1 aliphatic carbocycles. The largest absolute Gasteiger partial charge is 0.311 e. The molecule has 0 radical (unpaired) electrons. The maximum absolute atomic E-state index is 3.67. The second kappa shape index (κ2) is 6.28. The smallest absolute Gasteiger partial charge is 0.0476 e. The van der Waals surface area contributed by atoms with Crippen molar-refractivity contribution in [1.29, 1.82) is 0 Å².